The summed E-state index contributed by atoms with van der Waals surface area (Å²) in [7, 11) is 1.47. The number of Topliss-reactive ketones (excluding diaryl/α,β-unsaturated/α-hetero) is 1. The van der Waals surface area contributed by atoms with Gasteiger partial charge in [0.2, 0.25) is 0 Å². The molecular formula is C21H19BrINO5. The standard InChI is InChI=1S/C21H19BrINO5/c1-14(25)21(12-24,18-11-15(22)3-8-19(18)28-13-27-2)10-9-20(26)29-17-6-4-16(23)5-7-17/h3-8,11H,9-10,13H2,1-2H3/t21-/m1/s1. The van der Waals surface area contributed by atoms with Crippen molar-refractivity contribution in [1.29, 1.82) is 5.26 Å². The number of carbonyl (C=O) groups is 2. The summed E-state index contributed by atoms with van der Waals surface area (Å²) in [6.45, 7) is 1.29. The highest BCUT2D eigenvalue weighted by Crippen LogP contribution is 2.38. The minimum absolute atomic E-state index is 0.0388. The SMILES string of the molecule is COCOc1ccc(Br)cc1[C@@](C#N)(CCC(=O)Oc1ccc(I)cc1)C(C)=O. The number of nitrogens with zero attached hydrogens (tertiary/aromatic N) is 1. The number of hydrogen-bond acceptors (Lipinski definition) is 6. The van der Waals surface area contributed by atoms with E-state index in [2.05, 4.69) is 44.6 Å². The zero-order valence-corrected chi connectivity index (χ0v) is 19.7. The van der Waals surface area contributed by atoms with Crippen molar-refractivity contribution in [3.63, 3.8) is 0 Å². The molecule has 0 aromatic heterocycles. The molecule has 0 saturated heterocycles. The minimum atomic E-state index is -1.56. The van der Waals surface area contributed by atoms with E-state index in [9.17, 15) is 14.9 Å². The number of halogens is 2. The first-order valence-electron chi connectivity index (χ1n) is 8.62. The van der Waals surface area contributed by atoms with Gasteiger partial charge in [0.15, 0.2) is 12.6 Å². The molecule has 0 saturated carbocycles. The third-order valence-electron chi connectivity index (χ3n) is 4.27. The lowest BCUT2D eigenvalue weighted by molar-refractivity contribution is -0.134. The maximum Gasteiger partial charge on any atom is 0.311 e. The molecule has 0 aliphatic rings. The van der Waals surface area contributed by atoms with Crippen molar-refractivity contribution in [1.82, 2.24) is 0 Å². The number of rotatable bonds is 9. The molecule has 2 aromatic rings. The van der Waals surface area contributed by atoms with Crippen LogP contribution in [0.3, 0.4) is 0 Å². The Morgan fingerprint density at radius 1 is 1.21 bits per heavy atom. The van der Waals surface area contributed by atoms with Gasteiger partial charge in [-0.25, -0.2) is 0 Å². The van der Waals surface area contributed by atoms with E-state index in [4.69, 9.17) is 14.2 Å². The zero-order valence-electron chi connectivity index (χ0n) is 15.9. The number of ketones is 1. The molecule has 0 amide bonds. The van der Waals surface area contributed by atoms with Gasteiger partial charge in [-0.1, -0.05) is 15.9 Å². The molecule has 0 bridgehead atoms. The van der Waals surface area contributed by atoms with Gasteiger partial charge in [0.1, 0.15) is 16.9 Å². The summed E-state index contributed by atoms with van der Waals surface area (Å²) in [4.78, 5) is 24.9. The van der Waals surface area contributed by atoms with Gasteiger partial charge in [-0.3, -0.25) is 9.59 Å². The molecule has 29 heavy (non-hydrogen) atoms. The van der Waals surface area contributed by atoms with E-state index in [1.54, 1.807) is 30.3 Å². The highest BCUT2D eigenvalue weighted by atomic mass is 127. The second-order valence-electron chi connectivity index (χ2n) is 6.19. The number of hydrogen-bond donors (Lipinski definition) is 0. The fourth-order valence-electron chi connectivity index (χ4n) is 2.75. The van der Waals surface area contributed by atoms with Crippen molar-refractivity contribution < 1.29 is 23.8 Å². The molecule has 0 N–H and O–H groups in total. The molecule has 2 aromatic carbocycles. The second-order valence-corrected chi connectivity index (χ2v) is 8.35. The van der Waals surface area contributed by atoms with Crippen molar-refractivity contribution in [2.75, 3.05) is 13.9 Å². The van der Waals surface area contributed by atoms with Crippen LogP contribution in [-0.4, -0.2) is 25.7 Å². The lowest BCUT2D eigenvalue weighted by atomic mass is 9.74. The molecule has 0 heterocycles. The molecule has 8 heteroatoms. The van der Waals surface area contributed by atoms with Gasteiger partial charge >= 0.3 is 5.97 Å². The first-order valence-corrected chi connectivity index (χ1v) is 10.5. The molecule has 1 atom stereocenters. The summed E-state index contributed by atoms with van der Waals surface area (Å²) in [5.41, 5.74) is -1.18. The Morgan fingerprint density at radius 3 is 2.48 bits per heavy atom. The zero-order chi connectivity index (χ0) is 21.4. The molecule has 0 fully saturated rings. The predicted octanol–water partition coefficient (Wildman–Crippen LogP) is 4.77. The summed E-state index contributed by atoms with van der Waals surface area (Å²) < 4.78 is 17.5. The summed E-state index contributed by atoms with van der Waals surface area (Å²) in [5.74, 6) is -0.158. The average Bonchev–Trinajstić information content (AvgIpc) is 2.69. The average molecular weight is 572 g/mol. The Kier molecular flexibility index (Phi) is 8.61. The Hall–Kier alpha value is -1.96. The van der Waals surface area contributed by atoms with Crippen LogP contribution in [0, 0.1) is 14.9 Å². The van der Waals surface area contributed by atoms with Crippen LogP contribution in [-0.2, 0) is 19.7 Å². The van der Waals surface area contributed by atoms with Gasteiger partial charge < -0.3 is 14.2 Å². The van der Waals surface area contributed by atoms with Crippen LogP contribution in [0.2, 0.25) is 0 Å². The van der Waals surface area contributed by atoms with Crippen LogP contribution in [0.25, 0.3) is 0 Å². The Morgan fingerprint density at radius 2 is 1.90 bits per heavy atom. The van der Waals surface area contributed by atoms with Gasteiger partial charge in [0.25, 0.3) is 0 Å². The number of ether oxygens (including phenoxy) is 3. The summed E-state index contributed by atoms with van der Waals surface area (Å²) in [6, 6.07) is 14.2. The number of benzene rings is 2. The smallest absolute Gasteiger partial charge is 0.311 e. The first-order chi connectivity index (χ1) is 13.8. The largest absolute Gasteiger partial charge is 0.467 e. The summed E-state index contributed by atoms with van der Waals surface area (Å²) in [5, 5.41) is 9.95. The fourth-order valence-corrected chi connectivity index (χ4v) is 3.47. The third kappa shape index (κ3) is 6.01. The van der Waals surface area contributed by atoms with Gasteiger partial charge in [-0.05, 0) is 78.4 Å². The van der Waals surface area contributed by atoms with Crippen LogP contribution >= 0.6 is 38.5 Å². The van der Waals surface area contributed by atoms with E-state index >= 15 is 0 Å². The Balaban J connectivity index is 2.28. The van der Waals surface area contributed by atoms with Gasteiger partial charge in [0.05, 0.1) is 6.07 Å². The molecule has 6 nitrogen and oxygen atoms in total. The first kappa shape index (κ1) is 23.3. The summed E-state index contributed by atoms with van der Waals surface area (Å²) >= 11 is 5.52. The monoisotopic (exact) mass is 571 g/mol. The Bertz CT molecular complexity index is 926. The molecule has 2 rings (SSSR count). The summed E-state index contributed by atoms with van der Waals surface area (Å²) in [6.07, 6.45) is -0.156. The second kappa shape index (κ2) is 10.7. The molecule has 0 spiro atoms. The maximum absolute atomic E-state index is 12.6. The molecule has 152 valence electrons. The van der Waals surface area contributed by atoms with E-state index in [0.29, 0.717) is 21.5 Å². The van der Waals surface area contributed by atoms with Crippen LogP contribution < -0.4 is 9.47 Å². The van der Waals surface area contributed by atoms with Crippen LogP contribution in [0.4, 0.5) is 0 Å². The lowest BCUT2D eigenvalue weighted by Crippen LogP contribution is -2.34. The van der Waals surface area contributed by atoms with E-state index in [1.165, 1.54) is 14.0 Å². The fraction of sp³-hybridized carbons (Fsp3) is 0.286. The van der Waals surface area contributed by atoms with Gasteiger partial charge in [0, 0.05) is 27.1 Å². The normalized spacial score (nSPS) is 12.5. The minimum Gasteiger partial charge on any atom is -0.467 e. The van der Waals surface area contributed by atoms with E-state index < -0.39 is 11.4 Å². The van der Waals surface area contributed by atoms with Crippen LogP contribution in [0.5, 0.6) is 11.5 Å². The number of methoxy groups -OCH3 is 1. The number of nitriles is 1. The van der Waals surface area contributed by atoms with E-state index in [-0.39, 0.29) is 25.4 Å². The van der Waals surface area contributed by atoms with Crippen molar-refractivity contribution in [2.24, 2.45) is 0 Å². The maximum atomic E-state index is 12.6. The molecular weight excluding hydrogens is 553 g/mol. The van der Waals surface area contributed by atoms with Crippen molar-refractivity contribution >= 4 is 50.3 Å². The van der Waals surface area contributed by atoms with Gasteiger partial charge in [-0.2, -0.15) is 5.26 Å². The molecule has 0 aliphatic carbocycles. The quantitative estimate of drug-likeness (QED) is 0.186. The highest BCUT2D eigenvalue weighted by Gasteiger charge is 2.41. The van der Waals surface area contributed by atoms with Crippen LogP contribution in [0.1, 0.15) is 25.3 Å². The molecule has 0 aliphatic heterocycles. The van der Waals surface area contributed by atoms with Crippen molar-refractivity contribution in [3.05, 3.63) is 56.1 Å². The number of esters is 1. The van der Waals surface area contributed by atoms with E-state index in [0.717, 1.165) is 3.57 Å². The van der Waals surface area contributed by atoms with Crippen LogP contribution in [0.15, 0.2) is 46.9 Å². The van der Waals surface area contributed by atoms with Crippen molar-refractivity contribution in [2.45, 2.75) is 25.2 Å². The lowest BCUT2D eigenvalue weighted by Gasteiger charge is -2.26. The molecule has 0 unspecified atom stereocenters. The third-order valence-corrected chi connectivity index (χ3v) is 5.49. The highest BCUT2D eigenvalue weighted by molar-refractivity contribution is 14.1. The molecule has 0 radical (unpaired) electrons. The topological polar surface area (TPSA) is 85.6 Å². The Labute approximate surface area is 191 Å². The predicted molar refractivity (Wildman–Crippen MR) is 119 cm³/mol. The van der Waals surface area contributed by atoms with E-state index in [1.807, 2.05) is 12.1 Å². The van der Waals surface area contributed by atoms with Gasteiger partial charge in [-0.15, -0.1) is 0 Å². The van der Waals surface area contributed by atoms with Crippen molar-refractivity contribution in [3.8, 4) is 17.6 Å². The number of carbonyl (C=O) groups excluding carboxylic acids is 2.